The standard InChI is InChI=1S/C39H55ClN4O7S/c1-6-7-8-9-10-11-12-13-14-18-23-52(50,51)27-28(2)36(47)41-30-21-22-31(40)32(24-30)42-37(48)34(35(46)39(3,4)5)44-33(45)26-43(38(44)49)25-29-19-16-15-17-20-29/h15-17,19-22,24,28,34H,6-14,18,23,25-27H2,1-5H3,(H,41,47)(H,42,48). The summed E-state index contributed by atoms with van der Waals surface area (Å²) in [5, 5.41) is 5.33. The molecule has 0 bridgehead atoms. The van der Waals surface area contributed by atoms with Crippen LogP contribution in [-0.2, 0) is 35.6 Å². The molecule has 2 N–H and O–H groups in total. The predicted octanol–water partition coefficient (Wildman–Crippen LogP) is 7.64. The molecule has 1 aliphatic rings. The Bertz CT molecular complexity index is 1660. The van der Waals surface area contributed by atoms with Crippen molar-refractivity contribution >= 4 is 62.3 Å². The summed E-state index contributed by atoms with van der Waals surface area (Å²) in [6.07, 6.45) is 10.9. The minimum absolute atomic E-state index is 0.0256. The fourth-order valence-electron chi connectivity index (χ4n) is 6.03. The van der Waals surface area contributed by atoms with Gasteiger partial charge in [-0.1, -0.05) is 134 Å². The monoisotopic (exact) mass is 758 g/mol. The molecule has 0 spiro atoms. The lowest BCUT2D eigenvalue weighted by atomic mass is 9.85. The number of urea groups is 1. The van der Waals surface area contributed by atoms with Crippen LogP contribution in [0.15, 0.2) is 48.5 Å². The van der Waals surface area contributed by atoms with Gasteiger partial charge in [-0.2, -0.15) is 0 Å². The van der Waals surface area contributed by atoms with Crippen LogP contribution in [0.1, 0.15) is 104 Å². The maximum atomic E-state index is 13.8. The summed E-state index contributed by atoms with van der Waals surface area (Å²) in [7, 11) is -3.46. The van der Waals surface area contributed by atoms with E-state index < -0.39 is 56.7 Å². The van der Waals surface area contributed by atoms with Crippen molar-refractivity contribution in [2.24, 2.45) is 11.3 Å². The van der Waals surface area contributed by atoms with Gasteiger partial charge in [0.05, 0.1) is 22.2 Å². The third-order valence-electron chi connectivity index (χ3n) is 9.03. The molecule has 0 saturated carbocycles. The lowest BCUT2D eigenvalue weighted by molar-refractivity contribution is -0.143. The second-order valence-electron chi connectivity index (χ2n) is 14.8. The molecule has 11 nitrogen and oxygen atoms in total. The van der Waals surface area contributed by atoms with Gasteiger partial charge in [0, 0.05) is 23.6 Å². The van der Waals surface area contributed by atoms with E-state index in [0.29, 0.717) is 11.3 Å². The number of unbranched alkanes of at least 4 members (excludes halogenated alkanes) is 9. The number of halogens is 1. The Labute approximate surface area is 314 Å². The van der Waals surface area contributed by atoms with E-state index in [1.54, 1.807) is 45.0 Å². The number of hydrogen-bond donors (Lipinski definition) is 2. The zero-order valence-corrected chi connectivity index (χ0v) is 32.8. The molecule has 1 fully saturated rings. The van der Waals surface area contributed by atoms with Gasteiger partial charge in [-0.3, -0.25) is 19.2 Å². The minimum atomic E-state index is -3.46. The van der Waals surface area contributed by atoms with E-state index >= 15 is 0 Å². The number of carbonyl (C=O) groups excluding carboxylic acids is 5. The van der Waals surface area contributed by atoms with Gasteiger partial charge in [-0.15, -0.1) is 0 Å². The highest BCUT2D eigenvalue weighted by atomic mass is 35.5. The first-order chi connectivity index (χ1) is 24.5. The largest absolute Gasteiger partial charge is 0.328 e. The number of nitrogens with one attached hydrogen (secondary N) is 2. The number of carbonyl (C=O) groups is 5. The molecule has 5 amide bonds. The van der Waals surface area contributed by atoms with Crippen molar-refractivity contribution in [2.45, 2.75) is 111 Å². The fraction of sp³-hybridized carbons (Fsp3) is 0.564. The van der Waals surface area contributed by atoms with Gasteiger partial charge < -0.3 is 15.5 Å². The van der Waals surface area contributed by atoms with E-state index in [1.165, 1.54) is 68.5 Å². The summed E-state index contributed by atoms with van der Waals surface area (Å²) in [4.78, 5) is 69.1. The topological polar surface area (TPSA) is 150 Å². The number of rotatable bonds is 21. The average molecular weight is 759 g/mol. The van der Waals surface area contributed by atoms with Gasteiger partial charge in [-0.05, 0) is 30.2 Å². The van der Waals surface area contributed by atoms with Crippen LogP contribution in [0.4, 0.5) is 16.2 Å². The molecule has 0 radical (unpaired) electrons. The number of benzene rings is 2. The molecule has 1 aliphatic heterocycles. The van der Waals surface area contributed by atoms with Crippen molar-refractivity contribution in [1.82, 2.24) is 9.80 Å². The molecular formula is C39H55ClN4O7S. The van der Waals surface area contributed by atoms with E-state index in [-0.39, 0.29) is 41.0 Å². The number of anilines is 2. The second kappa shape index (κ2) is 19.9. The van der Waals surface area contributed by atoms with Gasteiger partial charge in [0.1, 0.15) is 6.54 Å². The highest BCUT2D eigenvalue weighted by Crippen LogP contribution is 2.29. The van der Waals surface area contributed by atoms with Crippen LogP contribution in [0.5, 0.6) is 0 Å². The van der Waals surface area contributed by atoms with Crippen LogP contribution in [0, 0.1) is 11.3 Å². The Kier molecular flexibility index (Phi) is 16.3. The lowest BCUT2D eigenvalue weighted by Gasteiger charge is -2.29. The van der Waals surface area contributed by atoms with E-state index in [2.05, 4.69) is 17.6 Å². The normalized spacial score (nSPS) is 14.7. The molecule has 13 heteroatoms. The van der Waals surface area contributed by atoms with Crippen LogP contribution in [0.2, 0.25) is 5.02 Å². The Morgan fingerprint density at radius 3 is 2.04 bits per heavy atom. The molecule has 2 aromatic rings. The molecule has 3 rings (SSSR count). The molecule has 286 valence electrons. The van der Waals surface area contributed by atoms with Crippen LogP contribution < -0.4 is 10.6 Å². The van der Waals surface area contributed by atoms with E-state index in [4.69, 9.17) is 11.6 Å². The van der Waals surface area contributed by atoms with Gasteiger partial charge in [0.25, 0.3) is 11.8 Å². The number of amides is 5. The number of nitrogens with zero attached hydrogens (tertiary/aromatic N) is 2. The SMILES string of the molecule is CCCCCCCCCCCCS(=O)(=O)CC(C)C(=O)Nc1ccc(Cl)c(NC(=O)C(C(=O)C(C)(C)C)N2C(=O)CN(Cc3ccccc3)C2=O)c1. The van der Waals surface area contributed by atoms with Crippen molar-refractivity contribution < 1.29 is 32.4 Å². The molecule has 2 atom stereocenters. The zero-order valence-electron chi connectivity index (χ0n) is 31.2. The van der Waals surface area contributed by atoms with Gasteiger partial charge in [-0.25, -0.2) is 18.1 Å². The second-order valence-corrected chi connectivity index (χ2v) is 17.4. The predicted molar refractivity (Wildman–Crippen MR) is 206 cm³/mol. The number of imide groups is 1. The van der Waals surface area contributed by atoms with E-state index in [9.17, 15) is 32.4 Å². The molecule has 2 unspecified atom stereocenters. The lowest BCUT2D eigenvalue weighted by Crippen LogP contribution is -2.55. The Morgan fingerprint density at radius 1 is 0.846 bits per heavy atom. The van der Waals surface area contributed by atoms with Crippen molar-refractivity contribution in [2.75, 3.05) is 28.7 Å². The molecular weight excluding hydrogens is 704 g/mol. The molecule has 2 aromatic carbocycles. The fourth-order valence-corrected chi connectivity index (χ4v) is 7.91. The summed E-state index contributed by atoms with van der Waals surface area (Å²) in [5.74, 6) is -3.94. The Balaban J connectivity index is 1.62. The Morgan fingerprint density at radius 2 is 1.44 bits per heavy atom. The highest BCUT2D eigenvalue weighted by Gasteiger charge is 2.49. The number of sulfone groups is 1. The zero-order chi connectivity index (χ0) is 38.5. The maximum absolute atomic E-state index is 13.8. The molecule has 52 heavy (non-hydrogen) atoms. The van der Waals surface area contributed by atoms with E-state index in [0.717, 1.165) is 24.8 Å². The first kappa shape index (κ1) is 42.6. The Hall–Kier alpha value is -3.77. The average Bonchev–Trinajstić information content (AvgIpc) is 3.34. The van der Waals surface area contributed by atoms with Gasteiger partial charge >= 0.3 is 6.03 Å². The summed E-state index contributed by atoms with van der Waals surface area (Å²) in [6, 6.07) is 10.8. The smallest absolute Gasteiger partial charge is 0.326 e. The third-order valence-corrected chi connectivity index (χ3v) is 11.3. The van der Waals surface area contributed by atoms with Crippen LogP contribution in [0.3, 0.4) is 0 Å². The van der Waals surface area contributed by atoms with Crippen LogP contribution in [-0.4, -0.2) is 71.8 Å². The third kappa shape index (κ3) is 13.0. The first-order valence-electron chi connectivity index (χ1n) is 18.3. The van der Waals surface area contributed by atoms with Crippen molar-refractivity contribution in [3.8, 4) is 0 Å². The van der Waals surface area contributed by atoms with Gasteiger partial charge in [0.2, 0.25) is 5.91 Å². The van der Waals surface area contributed by atoms with E-state index in [1.807, 2.05) is 6.07 Å². The number of ketones is 1. The molecule has 0 aliphatic carbocycles. The highest BCUT2D eigenvalue weighted by molar-refractivity contribution is 7.91. The van der Waals surface area contributed by atoms with Crippen molar-refractivity contribution in [3.63, 3.8) is 0 Å². The molecule has 0 aromatic heterocycles. The summed E-state index contributed by atoms with van der Waals surface area (Å²) >= 11 is 6.40. The first-order valence-corrected chi connectivity index (χ1v) is 20.5. The molecule has 1 heterocycles. The van der Waals surface area contributed by atoms with Crippen LogP contribution >= 0.6 is 11.6 Å². The molecule has 1 saturated heterocycles. The quantitative estimate of drug-likeness (QED) is 0.0755. The minimum Gasteiger partial charge on any atom is -0.326 e. The number of Topliss-reactive ketones (excluding diaryl/α,β-unsaturated/α-hetero) is 1. The number of hydrogen-bond acceptors (Lipinski definition) is 7. The van der Waals surface area contributed by atoms with Crippen molar-refractivity contribution in [1.29, 1.82) is 0 Å². The maximum Gasteiger partial charge on any atom is 0.328 e. The van der Waals surface area contributed by atoms with Crippen molar-refractivity contribution in [3.05, 3.63) is 59.1 Å². The summed E-state index contributed by atoms with van der Waals surface area (Å²) in [6.45, 7) is 8.32. The van der Waals surface area contributed by atoms with Gasteiger partial charge in [0.15, 0.2) is 21.7 Å². The summed E-state index contributed by atoms with van der Waals surface area (Å²) < 4.78 is 25.6. The van der Waals surface area contributed by atoms with Crippen LogP contribution in [0.25, 0.3) is 0 Å². The summed E-state index contributed by atoms with van der Waals surface area (Å²) in [5.41, 5.74) is -0.0679.